The van der Waals surface area contributed by atoms with Crippen molar-refractivity contribution in [1.29, 1.82) is 0 Å². The highest BCUT2D eigenvalue weighted by atomic mass is 32.1. The number of carbonyl (C=O) groups is 2. The molecule has 1 aliphatic rings. The van der Waals surface area contributed by atoms with Crippen LogP contribution in [0.15, 0.2) is 41.8 Å². The summed E-state index contributed by atoms with van der Waals surface area (Å²) >= 11 is 1.42. The van der Waals surface area contributed by atoms with Crippen molar-refractivity contribution in [2.45, 2.75) is 45.1 Å². The molecule has 0 spiro atoms. The van der Waals surface area contributed by atoms with Gasteiger partial charge in [-0.25, -0.2) is 0 Å². The number of nitrogens with zero attached hydrogens (tertiary/aromatic N) is 1. The van der Waals surface area contributed by atoms with E-state index in [1.54, 1.807) is 4.90 Å². The highest BCUT2D eigenvalue weighted by Gasteiger charge is 2.33. The first kappa shape index (κ1) is 17.7. The summed E-state index contributed by atoms with van der Waals surface area (Å²) in [5.74, 6) is 0.328. The summed E-state index contributed by atoms with van der Waals surface area (Å²) in [5, 5.41) is 4.87. The maximum Gasteiger partial charge on any atom is 0.264 e. The van der Waals surface area contributed by atoms with E-state index in [2.05, 4.69) is 19.2 Å². The first-order valence-electron chi connectivity index (χ1n) is 8.81. The van der Waals surface area contributed by atoms with Gasteiger partial charge in [0.05, 0.1) is 4.88 Å². The molecule has 1 aliphatic heterocycles. The van der Waals surface area contributed by atoms with Crippen LogP contribution in [0.3, 0.4) is 0 Å². The molecular weight excluding hydrogens is 332 g/mol. The monoisotopic (exact) mass is 356 g/mol. The minimum absolute atomic E-state index is 0.0370. The SMILES string of the molecule is CC(C)c1ccc(NC(=O)[C@@H]2CCCCN2C(=O)c2cccs2)cc1. The second-order valence-electron chi connectivity index (χ2n) is 6.75. The van der Waals surface area contributed by atoms with Gasteiger partial charge in [0.2, 0.25) is 5.91 Å². The fourth-order valence-corrected chi connectivity index (χ4v) is 3.84. The largest absolute Gasteiger partial charge is 0.326 e. The van der Waals surface area contributed by atoms with Crippen LogP contribution in [0.4, 0.5) is 5.69 Å². The molecule has 3 rings (SSSR count). The normalized spacial score (nSPS) is 17.6. The molecule has 25 heavy (non-hydrogen) atoms. The quantitative estimate of drug-likeness (QED) is 0.876. The molecule has 2 amide bonds. The number of amides is 2. The van der Waals surface area contributed by atoms with E-state index in [0.717, 1.165) is 18.5 Å². The van der Waals surface area contributed by atoms with Crippen molar-refractivity contribution in [3.63, 3.8) is 0 Å². The number of benzene rings is 1. The van der Waals surface area contributed by atoms with Gasteiger partial charge >= 0.3 is 0 Å². The standard InChI is InChI=1S/C20H24N2O2S/c1-14(2)15-8-10-16(11-9-15)21-19(23)17-6-3-4-12-22(17)20(24)18-7-5-13-25-18/h5,7-11,13-14,17H,3-4,6,12H2,1-2H3,(H,21,23)/t17-/m0/s1. The van der Waals surface area contributed by atoms with Crippen molar-refractivity contribution in [3.8, 4) is 0 Å². The molecule has 0 unspecified atom stereocenters. The smallest absolute Gasteiger partial charge is 0.264 e. The molecule has 1 N–H and O–H groups in total. The van der Waals surface area contributed by atoms with Crippen molar-refractivity contribution in [2.24, 2.45) is 0 Å². The summed E-state index contributed by atoms with van der Waals surface area (Å²) in [5.41, 5.74) is 2.02. The predicted molar refractivity (Wildman–Crippen MR) is 102 cm³/mol. The molecule has 0 radical (unpaired) electrons. The lowest BCUT2D eigenvalue weighted by Gasteiger charge is -2.34. The number of nitrogens with one attached hydrogen (secondary N) is 1. The summed E-state index contributed by atoms with van der Waals surface area (Å²) < 4.78 is 0. The van der Waals surface area contributed by atoms with E-state index in [0.29, 0.717) is 23.8 Å². The molecular formula is C20H24N2O2S. The Hall–Kier alpha value is -2.14. The molecule has 1 atom stereocenters. The van der Waals surface area contributed by atoms with Gasteiger partial charge < -0.3 is 10.2 Å². The molecule has 0 aliphatic carbocycles. The van der Waals surface area contributed by atoms with Gasteiger partial charge in [0.1, 0.15) is 6.04 Å². The van der Waals surface area contributed by atoms with Crippen LogP contribution < -0.4 is 5.32 Å². The molecule has 1 saturated heterocycles. The van der Waals surface area contributed by atoms with Crippen molar-refractivity contribution in [1.82, 2.24) is 4.90 Å². The second-order valence-corrected chi connectivity index (χ2v) is 7.70. The highest BCUT2D eigenvalue weighted by Crippen LogP contribution is 2.23. The van der Waals surface area contributed by atoms with Crippen molar-refractivity contribution in [3.05, 3.63) is 52.2 Å². The van der Waals surface area contributed by atoms with E-state index in [-0.39, 0.29) is 11.8 Å². The van der Waals surface area contributed by atoms with E-state index in [9.17, 15) is 9.59 Å². The van der Waals surface area contributed by atoms with E-state index in [4.69, 9.17) is 0 Å². The van der Waals surface area contributed by atoms with Gasteiger partial charge in [0.25, 0.3) is 5.91 Å². The average Bonchev–Trinajstić information content (AvgIpc) is 3.16. The Morgan fingerprint density at radius 1 is 1.16 bits per heavy atom. The van der Waals surface area contributed by atoms with E-state index in [1.807, 2.05) is 41.8 Å². The Bertz CT molecular complexity index is 723. The number of piperidine rings is 1. The summed E-state index contributed by atoms with van der Waals surface area (Å²) in [6.45, 7) is 4.93. The maximum atomic E-state index is 12.8. The molecule has 0 bridgehead atoms. The van der Waals surface area contributed by atoms with Crippen LogP contribution in [0, 0.1) is 0 Å². The molecule has 5 heteroatoms. The van der Waals surface area contributed by atoms with Crippen LogP contribution in [0.25, 0.3) is 0 Å². The lowest BCUT2D eigenvalue weighted by atomic mass is 10.0. The van der Waals surface area contributed by atoms with Gasteiger partial charge in [-0.05, 0) is 54.3 Å². The molecule has 1 fully saturated rings. The van der Waals surface area contributed by atoms with Crippen LogP contribution in [0.5, 0.6) is 0 Å². The topological polar surface area (TPSA) is 49.4 Å². The van der Waals surface area contributed by atoms with Crippen LogP contribution >= 0.6 is 11.3 Å². The predicted octanol–water partition coefficient (Wildman–Crippen LogP) is 4.50. The zero-order valence-electron chi connectivity index (χ0n) is 14.7. The van der Waals surface area contributed by atoms with Gasteiger partial charge in [-0.1, -0.05) is 32.0 Å². The Kier molecular flexibility index (Phi) is 5.53. The number of carbonyl (C=O) groups excluding carboxylic acids is 2. The number of rotatable bonds is 4. The summed E-state index contributed by atoms with van der Waals surface area (Å²) in [6.07, 6.45) is 2.63. The zero-order valence-corrected chi connectivity index (χ0v) is 15.5. The van der Waals surface area contributed by atoms with Gasteiger partial charge in [-0.2, -0.15) is 0 Å². The fraction of sp³-hybridized carbons (Fsp3) is 0.400. The first-order chi connectivity index (χ1) is 12.1. The van der Waals surface area contributed by atoms with E-state index in [1.165, 1.54) is 16.9 Å². The Morgan fingerprint density at radius 3 is 2.56 bits per heavy atom. The molecule has 0 saturated carbocycles. The Labute approximate surface area is 152 Å². The van der Waals surface area contributed by atoms with Gasteiger partial charge in [-0.15, -0.1) is 11.3 Å². The summed E-state index contributed by atoms with van der Waals surface area (Å²) in [6, 6.07) is 11.2. The van der Waals surface area contributed by atoms with Crippen LogP contribution in [-0.2, 0) is 4.79 Å². The second kappa shape index (κ2) is 7.83. The molecule has 132 valence electrons. The third kappa shape index (κ3) is 4.10. The summed E-state index contributed by atoms with van der Waals surface area (Å²) in [4.78, 5) is 27.9. The van der Waals surface area contributed by atoms with Crippen LogP contribution in [0.1, 0.15) is 54.3 Å². The Balaban J connectivity index is 1.71. The maximum absolute atomic E-state index is 12.8. The summed E-state index contributed by atoms with van der Waals surface area (Å²) in [7, 11) is 0. The number of likely N-dealkylation sites (tertiary alicyclic amines) is 1. The van der Waals surface area contributed by atoms with Crippen molar-refractivity contribution >= 4 is 28.8 Å². The third-order valence-corrected chi connectivity index (χ3v) is 5.50. The third-order valence-electron chi connectivity index (χ3n) is 4.64. The fourth-order valence-electron chi connectivity index (χ4n) is 3.17. The first-order valence-corrected chi connectivity index (χ1v) is 9.69. The van der Waals surface area contributed by atoms with Gasteiger partial charge in [0.15, 0.2) is 0 Å². The zero-order chi connectivity index (χ0) is 17.8. The molecule has 1 aromatic carbocycles. The molecule has 1 aromatic heterocycles. The number of hydrogen-bond acceptors (Lipinski definition) is 3. The Morgan fingerprint density at radius 2 is 1.92 bits per heavy atom. The molecule has 2 aromatic rings. The lowest BCUT2D eigenvalue weighted by molar-refractivity contribution is -0.121. The van der Waals surface area contributed by atoms with E-state index >= 15 is 0 Å². The number of hydrogen-bond donors (Lipinski definition) is 1. The van der Waals surface area contributed by atoms with Crippen LogP contribution in [-0.4, -0.2) is 29.3 Å². The number of anilines is 1. The van der Waals surface area contributed by atoms with Crippen molar-refractivity contribution in [2.75, 3.05) is 11.9 Å². The minimum atomic E-state index is -0.395. The average molecular weight is 356 g/mol. The van der Waals surface area contributed by atoms with Crippen LogP contribution in [0.2, 0.25) is 0 Å². The minimum Gasteiger partial charge on any atom is -0.326 e. The highest BCUT2D eigenvalue weighted by molar-refractivity contribution is 7.12. The van der Waals surface area contributed by atoms with Gasteiger partial charge in [-0.3, -0.25) is 9.59 Å². The van der Waals surface area contributed by atoms with E-state index < -0.39 is 6.04 Å². The lowest BCUT2D eigenvalue weighted by Crippen LogP contribution is -2.49. The number of thiophene rings is 1. The molecule has 2 heterocycles. The van der Waals surface area contributed by atoms with Crippen molar-refractivity contribution < 1.29 is 9.59 Å². The van der Waals surface area contributed by atoms with Gasteiger partial charge in [0, 0.05) is 12.2 Å². The molecule has 4 nitrogen and oxygen atoms in total.